The van der Waals surface area contributed by atoms with Crippen LogP contribution in [0.5, 0.6) is 0 Å². The highest BCUT2D eigenvalue weighted by Gasteiger charge is 2.27. The number of nitrogens with zero attached hydrogens (tertiary/aromatic N) is 3. The molecular formula is C17H29N3O7S2. The second-order valence-corrected chi connectivity index (χ2v) is 10.7. The Labute approximate surface area is 172 Å². The Bertz CT molecular complexity index is 929. The summed E-state index contributed by atoms with van der Waals surface area (Å²) in [5, 5.41) is 11.3. The van der Waals surface area contributed by atoms with Gasteiger partial charge in [-0.1, -0.05) is 6.92 Å². The minimum absolute atomic E-state index is 0.121. The van der Waals surface area contributed by atoms with Gasteiger partial charge in [0, 0.05) is 31.8 Å². The molecule has 0 aliphatic rings. The summed E-state index contributed by atoms with van der Waals surface area (Å²) in [5.74, 6) is -0.201. The number of hydrogen-bond donors (Lipinski definition) is 0. The first-order valence-corrected chi connectivity index (χ1v) is 12.5. The van der Waals surface area contributed by atoms with E-state index in [1.54, 1.807) is 30.8 Å². The van der Waals surface area contributed by atoms with Crippen molar-refractivity contribution in [3.05, 3.63) is 27.8 Å². The highest BCUT2D eigenvalue weighted by atomic mass is 32.2. The molecule has 12 heteroatoms. The predicted molar refractivity (Wildman–Crippen MR) is 112 cm³/mol. The lowest BCUT2D eigenvalue weighted by Gasteiger charge is -2.28. The van der Waals surface area contributed by atoms with Crippen molar-refractivity contribution in [2.75, 3.05) is 57.2 Å². The fraction of sp³-hybridized carbons (Fsp3) is 0.647. The first-order chi connectivity index (χ1) is 13.3. The van der Waals surface area contributed by atoms with Gasteiger partial charge < -0.3 is 9.80 Å². The Kier molecular flexibility index (Phi) is 9.00. The maximum atomic E-state index is 13.0. The number of nitro benzene ring substituents is 1. The second kappa shape index (κ2) is 10.3. The third kappa shape index (κ3) is 7.88. The zero-order valence-corrected chi connectivity index (χ0v) is 19.0. The molecule has 0 N–H and O–H groups in total. The van der Waals surface area contributed by atoms with Gasteiger partial charge >= 0.3 is 0 Å². The number of hydrogen-bond acceptors (Lipinski definition) is 9. The fourth-order valence-electron chi connectivity index (χ4n) is 2.79. The third-order valence-electron chi connectivity index (χ3n) is 4.07. The Morgan fingerprint density at radius 1 is 1.10 bits per heavy atom. The zero-order valence-electron chi connectivity index (χ0n) is 17.4. The molecule has 10 nitrogen and oxygen atoms in total. The van der Waals surface area contributed by atoms with Crippen LogP contribution >= 0.6 is 0 Å². The first kappa shape index (κ1) is 25.3. The number of nitro groups is 1. The highest BCUT2D eigenvalue weighted by molar-refractivity contribution is 7.91. The maximum absolute atomic E-state index is 13.0. The Morgan fingerprint density at radius 2 is 1.72 bits per heavy atom. The Hall–Kier alpha value is -1.76. The van der Waals surface area contributed by atoms with Crippen molar-refractivity contribution in [3.63, 3.8) is 0 Å². The average molecular weight is 452 g/mol. The average Bonchev–Trinajstić information content (AvgIpc) is 2.57. The normalized spacial score (nSPS) is 12.3. The van der Waals surface area contributed by atoms with Crippen molar-refractivity contribution in [2.24, 2.45) is 0 Å². The van der Waals surface area contributed by atoms with Gasteiger partial charge in [-0.05, 0) is 33.0 Å². The standard InChI is InChI=1S/C17H29N3O7S2/c1-6-7-19(8-10-27-28(5,23)24)17-14(2)12-15(20(21)22)13-16(17)29(25,26)11-9-18(3)4/h12-13H,6-11H2,1-5H3. The molecule has 0 bridgehead atoms. The van der Waals surface area contributed by atoms with Crippen LogP contribution in [0.2, 0.25) is 0 Å². The number of anilines is 1. The summed E-state index contributed by atoms with van der Waals surface area (Å²) in [5.41, 5.74) is 0.460. The minimum atomic E-state index is -3.83. The van der Waals surface area contributed by atoms with Gasteiger partial charge in [0.1, 0.15) is 0 Å². The second-order valence-electron chi connectivity index (χ2n) is 7.00. The van der Waals surface area contributed by atoms with Crippen molar-refractivity contribution in [1.29, 1.82) is 0 Å². The van der Waals surface area contributed by atoms with E-state index < -0.39 is 24.9 Å². The van der Waals surface area contributed by atoms with Gasteiger partial charge in [-0.3, -0.25) is 14.3 Å². The Balaban J connectivity index is 3.49. The molecule has 0 aliphatic carbocycles. The van der Waals surface area contributed by atoms with Crippen LogP contribution in [0.3, 0.4) is 0 Å². The maximum Gasteiger partial charge on any atom is 0.271 e. The lowest BCUT2D eigenvalue weighted by atomic mass is 10.1. The highest BCUT2D eigenvalue weighted by Crippen LogP contribution is 2.34. The lowest BCUT2D eigenvalue weighted by molar-refractivity contribution is -0.385. The minimum Gasteiger partial charge on any atom is -0.368 e. The number of rotatable bonds is 12. The van der Waals surface area contributed by atoms with Gasteiger partial charge in [-0.15, -0.1) is 0 Å². The van der Waals surface area contributed by atoms with E-state index in [4.69, 9.17) is 4.18 Å². The fourth-order valence-corrected chi connectivity index (χ4v) is 4.88. The molecule has 29 heavy (non-hydrogen) atoms. The summed E-state index contributed by atoms with van der Waals surface area (Å²) in [7, 11) is -4.00. The molecule has 0 unspecified atom stereocenters. The molecule has 0 atom stereocenters. The van der Waals surface area contributed by atoms with E-state index in [-0.39, 0.29) is 36.0 Å². The van der Waals surface area contributed by atoms with Crippen LogP contribution in [0.1, 0.15) is 18.9 Å². The molecule has 1 rings (SSSR count). The van der Waals surface area contributed by atoms with E-state index in [0.29, 0.717) is 24.2 Å². The van der Waals surface area contributed by atoms with E-state index in [1.807, 2.05) is 6.92 Å². The van der Waals surface area contributed by atoms with Gasteiger partial charge in [0.05, 0.1) is 34.1 Å². The number of benzene rings is 1. The van der Waals surface area contributed by atoms with E-state index in [1.165, 1.54) is 6.07 Å². The van der Waals surface area contributed by atoms with Crippen LogP contribution in [-0.2, 0) is 24.1 Å². The first-order valence-electron chi connectivity index (χ1n) is 9.04. The smallest absolute Gasteiger partial charge is 0.271 e. The Morgan fingerprint density at radius 3 is 2.21 bits per heavy atom. The molecule has 0 spiro atoms. The van der Waals surface area contributed by atoms with Crippen LogP contribution in [0.25, 0.3) is 0 Å². The van der Waals surface area contributed by atoms with Crippen LogP contribution in [0, 0.1) is 17.0 Å². The van der Waals surface area contributed by atoms with Crippen LogP contribution in [0.4, 0.5) is 11.4 Å². The van der Waals surface area contributed by atoms with Crippen molar-refractivity contribution in [3.8, 4) is 0 Å². The lowest BCUT2D eigenvalue weighted by Crippen LogP contribution is -2.32. The summed E-state index contributed by atoms with van der Waals surface area (Å²) in [4.78, 5) is 14.0. The van der Waals surface area contributed by atoms with E-state index in [2.05, 4.69) is 0 Å². The van der Waals surface area contributed by atoms with Gasteiger partial charge in [-0.2, -0.15) is 8.42 Å². The molecule has 0 radical (unpaired) electrons. The van der Waals surface area contributed by atoms with Crippen LogP contribution in [-0.4, -0.2) is 79.0 Å². The topological polar surface area (TPSA) is 127 Å². The SMILES string of the molecule is CCCN(CCOS(C)(=O)=O)c1c(C)cc([N+](=O)[O-])cc1S(=O)(=O)CCN(C)C. The summed E-state index contributed by atoms with van der Waals surface area (Å²) in [6.45, 7) is 4.15. The van der Waals surface area contributed by atoms with Crippen molar-refractivity contribution >= 4 is 31.3 Å². The molecule has 0 heterocycles. The number of non-ortho nitro benzene ring substituents is 1. The summed E-state index contributed by atoms with van der Waals surface area (Å²) >= 11 is 0. The zero-order chi connectivity index (χ0) is 22.4. The summed E-state index contributed by atoms with van der Waals surface area (Å²) in [6.07, 6.45) is 1.60. The van der Waals surface area contributed by atoms with Crippen LogP contribution in [0.15, 0.2) is 17.0 Å². The molecule has 0 amide bonds. The molecule has 1 aromatic carbocycles. The van der Waals surface area contributed by atoms with E-state index >= 15 is 0 Å². The molecule has 1 aromatic rings. The van der Waals surface area contributed by atoms with E-state index in [0.717, 1.165) is 12.3 Å². The quantitative estimate of drug-likeness (QED) is 0.263. The van der Waals surface area contributed by atoms with Crippen molar-refractivity contribution in [1.82, 2.24) is 4.90 Å². The molecule has 0 fully saturated rings. The van der Waals surface area contributed by atoms with E-state index in [9.17, 15) is 26.9 Å². The van der Waals surface area contributed by atoms with Gasteiger partial charge in [0.2, 0.25) is 0 Å². The third-order valence-corrected chi connectivity index (χ3v) is 6.37. The van der Waals surface area contributed by atoms with Crippen molar-refractivity contribution < 1.29 is 25.9 Å². The predicted octanol–water partition coefficient (Wildman–Crippen LogP) is 1.43. The van der Waals surface area contributed by atoms with Crippen LogP contribution < -0.4 is 4.90 Å². The van der Waals surface area contributed by atoms with Gasteiger partial charge in [-0.25, -0.2) is 8.42 Å². The monoisotopic (exact) mass is 451 g/mol. The van der Waals surface area contributed by atoms with Crippen molar-refractivity contribution in [2.45, 2.75) is 25.2 Å². The molecule has 0 aliphatic heterocycles. The van der Waals surface area contributed by atoms with Gasteiger partial charge in [0.25, 0.3) is 15.8 Å². The van der Waals surface area contributed by atoms with Gasteiger partial charge in [0.15, 0.2) is 9.84 Å². The summed E-state index contributed by atoms with van der Waals surface area (Å²) in [6, 6.07) is 2.40. The molecular weight excluding hydrogens is 422 g/mol. The molecule has 0 saturated heterocycles. The largest absolute Gasteiger partial charge is 0.368 e. The number of sulfone groups is 1. The molecule has 0 aromatic heterocycles. The molecule has 166 valence electrons. The molecule has 0 saturated carbocycles. The number of aryl methyl sites for hydroxylation is 1. The summed E-state index contributed by atoms with van der Waals surface area (Å²) < 4.78 is 53.4.